The summed E-state index contributed by atoms with van der Waals surface area (Å²) in [4.78, 5) is 24.5. The van der Waals surface area contributed by atoms with E-state index >= 15 is 0 Å². The van der Waals surface area contributed by atoms with Gasteiger partial charge in [-0.05, 0) is 148 Å². The van der Waals surface area contributed by atoms with Gasteiger partial charge < -0.3 is 14.6 Å². The molecule has 0 radical (unpaired) electrons. The highest BCUT2D eigenvalue weighted by Gasteiger charge is 2.16. The van der Waals surface area contributed by atoms with Crippen LogP contribution < -0.4 is 0 Å². The van der Waals surface area contributed by atoms with E-state index in [-0.39, 0.29) is 31.6 Å². The summed E-state index contributed by atoms with van der Waals surface area (Å²) in [5, 5.41) is 9.65. The average molecular weight is 1010 g/mol. The summed E-state index contributed by atoms with van der Waals surface area (Å²) in [6, 6.07) is 0. The topological polar surface area (TPSA) is 72.8 Å². The molecule has 0 aliphatic rings. The van der Waals surface area contributed by atoms with Crippen LogP contribution in [-0.2, 0) is 19.1 Å². The van der Waals surface area contributed by atoms with Crippen LogP contribution in [0.15, 0.2) is 207 Å². The van der Waals surface area contributed by atoms with E-state index in [1.807, 2.05) is 0 Å². The SMILES string of the molecule is CC/C=C\C/C=C\C/C=C\C/C=C\C/C=C\C/C=C\C/C=C\C/C=C\C/C=C\C/C=C\CCCCC(=O)OC(CO)COC(=O)CCCCCCC/C=C\C/C=C\C/C=C\C/C=C\C/C=C\C/C=C\C/C=C\CC. The lowest BCUT2D eigenvalue weighted by atomic mass is 10.1. The van der Waals surface area contributed by atoms with Gasteiger partial charge in [0.15, 0.2) is 6.10 Å². The smallest absolute Gasteiger partial charge is 0.306 e. The van der Waals surface area contributed by atoms with Crippen LogP contribution in [0, 0.1) is 0 Å². The maximum atomic E-state index is 12.3. The van der Waals surface area contributed by atoms with Gasteiger partial charge in [0.1, 0.15) is 6.61 Å². The van der Waals surface area contributed by atoms with Crippen molar-refractivity contribution in [3.8, 4) is 0 Å². The molecular formula is C69H102O5. The second-order valence-electron chi connectivity index (χ2n) is 17.9. The highest BCUT2D eigenvalue weighted by Crippen LogP contribution is 2.10. The number of ether oxygens (including phenoxy) is 2. The normalized spacial score (nSPS) is 13.8. The molecule has 0 spiro atoms. The molecule has 0 heterocycles. The third-order valence-corrected chi connectivity index (χ3v) is 11.1. The first kappa shape index (κ1) is 68.5. The van der Waals surface area contributed by atoms with E-state index in [1.165, 1.54) is 0 Å². The number of hydrogen-bond acceptors (Lipinski definition) is 5. The number of allylic oxidation sites excluding steroid dienone is 34. The molecule has 0 aromatic carbocycles. The maximum absolute atomic E-state index is 12.3. The lowest BCUT2D eigenvalue weighted by Crippen LogP contribution is -2.28. The van der Waals surface area contributed by atoms with Gasteiger partial charge in [0.05, 0.1) is 6.61 Å². The van der Waals surface area contributed by atoms with Gasteiger partial charge in [-0.15, -0.1) is 0 Å². The molecule has 0 aliphatic heterocycles. The Balaban J connectivity index is 3.74. The minimum absolute atomic E-state index is 0.110. The van der Waals surface area contributed by atoms with E-state index in [0.717, 1.165) is 161 Å². The molecule has 0 aliphatic carbocycles. The number of rotatable bonds is 49. The molecular weight excluding hydrogens is 909 g/mol. The predicted molar refractivity (Wildman–Crippen MR) is 324 cm³/mol. The van der Waals surface area contributed by atoms with Crippen molar-refractivity contribution in [1.82, 2.24) is 0 Å². The van der Waals surface area contributed by atoms with Crippen molar-refractivity contribution in [3.63, 3.8) is 0 Å². The molecule has 1 N–H and O–H groups in total. The average Bonchev–Trinajstić information content (AvgIpc) is 3.40. The zero-order chi connectivity index (χ0) is 53.4. The molecule has 1 atom stereocenters. The lowest BCUT2D eigenvalue weighted by Gasteiger charge is -2.15. The molecule has 1 unspecified atom stereocenters. The second-order valence-corrected chi connectivity index (χ2v) is 17.9. The molecule has 408 valence electrons. The summed E-state index contributed by atoms with van der Waals surface area (Å²) < 4.78 is 10.6. The highest BCUT2D eigenvalue weighted by molar-refractivity contribution is 5.70. The third-order valence-electron chi connectivity index (χ3n) is 11.1. The van der Waals surface area contributed by atoms with Gasteiger partial charge in [0.25, 0.3) is 0 Å². The summed E-state index contributed by atoms with van der Waals surface area (Å²) in [6.07, 6.45) is 101. The van der Waals surface area contributed by atoms with Crippen LogP contribution >= 0.6 is 0 Å². The summed E-state index contributed by atoms with van der Waals surface area (Å²) >= 11 is 0. The van der Waals surface area contributed by atoms with Gasteiger partial charge in [0.2, 0.25) is 0 Å². The van der Waals surface area contributed by atoms with Crippen LogP contribution in [0.2, 0.25) is 0 Å². The number of aliphatic hydroxyl groups excluding tert-OH is 1. The molecule has 0 amide bonds. The number of unbranched alkanes of at least 4 members (excludes halogenated alkanes) is 7. The van der Waals surface area contributed by atoms with Crippen molar-refractivity contribution in [2.75, 3.05) is 13.2 Å². The fraction of sp³-hybridized carbons (Fsp3) is 0.478. The standard InChI is InChI=1S/C69H102O5/c1-3-5-7-9-11-13-15-17-19-21-23-25-27-29-31-32-33-34-35-36-38-40-42-44-46-48-50-52-54-56-58-60-62-64-69(72)74-67(65-70)66-73-68(71)63-61-59-57-55-53-51-49-47-45-43-41-39-37-30-28-26-24-22-20-18-16-14-12-10-8-6-4-2/h5-8,11-14,17-20,23-26,29-31,33-34,36-38,41-44,47-50,54,56,67,70H,3-4,9-10,15-16,21-22,27-28,32,35,39-40,45-46,51-53,55,57-66H2,1-2H3/b7-5-,8-6-,13-11-,14-12-,19-17-,20-18-,25-23-,26-24-,31-29-,34-33-,37-30-,38-36-,43-41-,44-42-,49-47-,50-48-,56-54-. The van der Waals surface area contributed by atoms with E-state index in [0.29, 0.717) is 12.8 Å². The number of carbonyl (C=O) groups is 2. The van der Waals surface area contributed by atoms with Gasteiger partial charge >= 0.3 is 11.9 Å². The molecule has 0 fully saturated rings. The fourth-order valence-corrected chi connectivity index (χ4v) is 6.85. The monoisotopic (exact) mass is 1010 g/mol. The quantitative estimate of drug-likeness (QED) is 0.0373. The Morgan fingerprint density at radius 2 is 0.541 bits per heavy atom. The first-order valence-corrected chi connectivity index (χ1v) is 28.6. The number of esters is 2. The molecule has 0 aromatic heterocycles. The zero-order valence-corrected chi connectivity index (χ0v) is 46.5. The van der Waals surface area contributed by atoms with Crippen molar-refractivity contribution >= 4 is 11.9 Å². The Kier molecular flexibility index (Phi) is 57.2. The molecule has 0 saturated carbocycles. The van der Waals surface area contributed by atoms with E-state index in [4.69, 9.17) is 9.47 Å². The molecule has 5 heteroatoms. The van der Waals surface area contributed by atoms with Crippen LogP contribution in [0.1, 0.15) is 194 Å². The first-order valence-electron chi connectivity index (χ1n) is 28.6. The number of hydrogen-bond donors (Lipinski definition) is 1. The summed E-state index contributed by atoms with van der Waals surface area (Å²) in [7, 11) is 0. The second kappa shape index (κ2) is 61.8. The summed E-state index contributed by atoms with van der Waals surface area (Å²) in [5.41, 5.74) is 0. The van der Waals surface area contributed by atoms with Crippen LogP contribution in [0.25, 0.3) is 0 Å². The summed E-state index contributed by atoms with van der Waals surface area (Å²) in [5.74, 6) is -0.685. The van der Waals surface area contributed by atoms with Crippen molar-refractivity contribution in [1.29, 1.82) is 0 Å². The van der Waals surface area contributed by atoms with Crippen molar-refractivity contribution < 1.29 is 24.2 Å². The van der Waals surface area contributed by atoms with Gasteiger partial charge in [-0.1, -0.05) is 240 Å². The van der Waals surface area contributed by atoms with Gasteiger partial charge in [-0.2, -0.15) is 0 Å². The molecule has 74 heavy (non-hydrogen) atoms. The van der Waals surface area contributed by atoms with E-state index in [9.17, 15) is 14.7 Å². The van der Waals surface area contributed by atoms with Crippen molar-refractivity contribution in [2.45, 2.75) is 200 Å². The molecule has 0 aromatic rings. The Morgan fingerprint density at radius 3 is 0.838 bits per heavy atom. The van der Waals surface area contributed by atoms with Crippen molar-refractivity contribution in [3.05, 3.63) is 207 Å². The van der Waals surface area contributed by atoms with Gasteiger partial charge in [0, 0.05) is 12.8 Å². The largest absolute Gasteiger partial charge is 0.462 e. The number of aliphatic hydroxyl groups is 1. The van der Waals surface area contributed by atoms with Gasteiger partial charge in [-0.25, -0.2) is 0 Å². The van der Waals surface area contributed by atoms with Gasteiger partial charge in [-0.3, -0.25) is 9.59 Å². The molecule has 0 saturated heterocycles. The van der Waals surface area contributed by atoms with Crippen LogP contribution in [0.4, 0.5) is 0 Å². The van der Waals surface area contributed by atoms with Crippen molar-refractivity contribution in [2.24, 2.45) is 0 Å². The minimum Gasteiger partial charge on any atom is -0.462 e. The molecule has 0 bridgehead atoms. The fourth-order valence-electron chi connectivity index (χ4n) is 6.85. The zero-order valence-electron chi connectivity index (χ0n) is 46.5. The first-order chi connectivity index (χ1) is 36.6. The lowest BCUT2D eigenvalue weighted by molar-refractivity contribution is -0.161. The summed E-state index contributed by atoms with van der Waals surface area (Å²) in [6.45, 7) is 3.84. The Labute approximate surface area is 453 Å². The van der Waals surface area contributed by atoms with E-state index in [2.05, 4.69) is 220 Å². The van der Waals surface area contributed by atoms with Crippen LogP contribution in [0.3, 0.4) is 0 Å². The maximum Gasteiger partial charge on any atom is 0.306 e. The van der Waals surface area contributed by atoms with E-state index < -0.39 is 6.10 Å². The Hall–Kier alpha value is -5.52. The Bertz CT molecular complexity index is 1810. The van der Waals surface area contributed by atoms with E-state index in [1.54, 1.807) is 0 Å². The Morgan fingerprint density at radius 1 is 0.311 bits per heavy atom. The van der Waals surface area contributed by atoms with Crippen LogP contribution in [0.5, 0.6) is 0 Å². The number of carbonyl (C=O) groups excluding carboxylic acids is 2. The minimum atomic E-state index is -0.823. The predicted octanol–water partition coefficient (Wildman–Crippen LogP) is 19.9. The van der Waals surface area contributed by atoms with Crippen LogP contribution in [-0.4, -0.2) is 36.4 Å². The third kappa shape index (κ3) is 59.0. The molecule has 0 rings (SSSR count). The highest BCUT2D eigenvalue weighted by atomic mass is 16.6. The molecule has 5 nitrogen and oxygen atoms in total.